The van der Waals surface area contributed by atoms with Crippen LogP contribution in [-0.4, -0.2) is 0 Å². The van der Waals surface area contributed by atoms with Crippen LogP contribution >= 0.6 is 24.0 Å². The van der Waals surface area contributed by atoms with Gasteiger partial charge in [-0.2, -0.15) is 0 Å². The molecule has 0 unspecified atom stereocenters. The van der Waals surface area contributed by atoms with Crippen LogP contribution < -0.4 is 5.73 Å². The third kappa shape index (κ3) is 1.09. The van der Waals surface area contributed by atoms with Crippen LogP contribution in [0.5, 0.6) is 0 Å². The van der Waals surface area contributed by atoms with E-state index in [1.807, 2.05) is 0 Å². The zero-order valence-electron chi connectivity index (χ0n) is 6.66. The zero-order chi connectivity index (χ0) is 8.72. The minimum Gasteiger partial charge on any atom is -0.390 e. The summed E-state index contributed by atoms with van der Waals surface area (Å²) >= 11 is 5.93. The predicted molar refractivity (Wildman–Crippen MR) is 58.2 cm³/mol. The van der Waals surface area contributed by atoms with Crippen molar-refractivity contribution < 1.29 is 0 Å². The van der Waals surface area contributed by atoms with Crippen LogP contribution in [0.1, 0.15) is 5.56 Å². The highest BCUT2D eigenvalue weighted by molar-refractivity contribution is 7.81. The molecule has 0 amide bonds. The summed E-state index contributed by atoms with van der Waals surface area (Å²) < 4.78 is 1.22. The van der Waals surface area contributed by atoms with Crippen LogP contribution in [0.15, 0.2) is 23.1 Å². The standard InChI is InChI=1S/C9H9NS2/c1-5-2-3-6-7(4-5)12-9(10)8(6)11/h2-4,11H,10H2,1H3. The fourth-order valence-electron chi connectivity index (χ4n) is 1.21. The quantitative estimate of drug-likeness (QED) is 0.621. The smallest absolute Gasteiger partial charge is 0.100 e. The van der Waals surface area contributed by atoms with E-state index in [1.165, 1.54) is 10.3 Å². The summed E-state index contributed by atoms with van der Waals surface area (Å²) in [5, 5.41) is 1.96. The number of hydrogen-bond donors (Lipinski definition) is 2. The van der Waals surface area contributed by atoms with E-state index in [1.54, 1.807) is 11.3 Å². The summed E-state index contributed by atoms with van der Waals surface area (Å²) in [6, 6.07) is 6.28. The summed E-state index contributed by atoms with van der Waals surface area (Å²) in [6.07, 6.45) is 0. The second kappa shape index (κ2) is 2.68. The van der Waals surface area contributed by atoms with Gasteiger partial charge in [0.2, 0.25) is 0 Å². The lowest BCUT2D eigenvalue weighted by atomic mass is 10.2. The van der Waals surface area contributed by atoms with Gasteiger partial charge in [0.05, 0.1) is 0 Å². The molecule has 2 rings (SSSR count). The maximum atomic E-state index is 5.74. The molecule has 12 heavy (non-hydrogen) atoms. The largest absolute Gasteiger partial charge is 0.390 e. The minimum atomic E-state index is 0.805. The molecular weight excluding hydrogens is 186 g/mol. The summed E-state index contributed by atoms with van der Waals surface area (Å²) in [5.41, 5.74) is 7.01. The SMILES string of the molecule is Cc1ccc2c(S)c(N)sc2c1. The number of benzene rings is 1. The van der Waals surface area contributed by atoms with Crippen molar-refractivity contribution in [2.24, 2.45) is 0 Å². The Bertz CT molecular complexity index is 431. The second-order valence-corrected chi connectivity index (χ2v) is 4.35. The molecule has 0 atom stereocenters. The number of rotatable bonds is 0. The fourth-order valence-corrected chi connectivity index (χ4v) is 2.59. The number of hydrogen-bond acceptors (Lipinski definition) is 3. The minimum absolute atomic E-state index is 0.805. The first-order valence-corrected chi connectivity index (χ1v) is 4.92. The molecular formula is C9H9NS2. The molecule has 0 bridgehead atoms. The van der Waals surface area contributed by atoms with E-state index >= 15 is 0 Å². The molecule has 0 saturated heterocycles. The Balaban J connectivity index is 2.87. The molecule has 1 heterocycles. The number of nitrogen functional groups attached to an aromatic ring is 1. The molecule has 62 valence electrons. The number of aryl methyl sites for hydroxylation is 1. The monoisotopic (exact) mass is 195 g/mol. The van der Waals surface area contributed by atoms with E-state index < -0.39 is 0 Å². The van der Waals surface area contributed by atoms with Gasteiger partial charge in [0.15, 0.2) is 0 Å². The summed E-state index contributed by atoms with van der Waals surface area (Å²) in [6.45, 7) is 2.08. The molecule has 0 fully saturated rings. The number of fused-ring (bicyclic) bond motifs is 1. The molecule has 0 saturated carbocycles. The van der Waals surface area contributed by atoms with E-state index in [-0.39, 0.29) is 0 Å². The Morgan fingerprint density at radius 2 is 2.17 bits per heavy atom. The number of anilines is 1. The Morgan fingerprint density at radius 3 is 2.92 bits per heavy atom. The summed E-state index contributed by atoms with van der Waals surface area (Å²) in [4.78, 5) is 0.912. The normalized spacial score (nSPS) is 10.8. The van der Waals surface area contributed by atoms with Gasteiger partial charge in [-0.15, -0.1) is 24.0 Å². The van der Waals surface area contributed by atoms with Crippen molar-refractivity contribution in [1.29, 1.82) is 0 Å². The van der Waals surface area contributed by atoms with Gasteiger partial charge in [0, 0.05) is 15.0 Å². The molecule has 0 aliphatic rings. The van der Waals surface area contributed by atoms with Crippen LogP contribution in [-0.2, 0) is 0 Å². The average molecular weight is 195 g/mol. The Labute approximate surface area is 80.6 Å². The van der Waals surface area contributed by atoms with Gasteiger partial charge in [0.1, 0.15) is 5.00 Å². The first-order chi connectivity index (χ1) is 5.68. The lowest BCUT2D eigenvalue weighted by molar-refractivity contribution is 1.51. The molecule has 2 N–H and O–H groups in total. The van der Waals surface area contributed by atoms with Gasteiger partial charge in [0.25, 0.3) is 0 Å². The van der Waals surface area contributed by atoms with Gasteiger partial charge in [-0.05, 0) is 18.6 Å². The Morgan fingerprint density at radius 1 is 1.42 bits per heavy atom. The van der Waals surface area contributed by atoms with Crippen molar-refractivity contribution in [2.45, 2.75) is 11.8 Å². The zero-order valence-corrected chi connectivity index (χ0v) is 8.38. The van der Waals surface area contributed by atoms with Gasteiger partial charge < -0.3 is 5.73 Å². The van der Waals surface area contributed by atoms with Crippen molar-refractivity contribution in [3.8, 4) is 0 Å². The van der Waals surface area contributed by atoms with Gasteiger partial charge >= 0.3 is 0 Å². The Kier molecular flexibility index (Phi) is 1.77. The van der Waals surface area contributed by atoms with Crippen LogP contribution in [0, 0.1) is 6.92 Å². The lowest BCUT2D eigenvalue weighted by Gasteiger charge is -1.92. The predicted octanol–water partition coefficient (Wildman–Crippen LogP) is 3.08. The van der Waals surface area contributed by atoms with Gasteiger partial charge in [-0.3, -0.25) is 0 Å². The molecule has 2 aromatic rings. The van der Waals surface area contributed by atoms with Crippen LogP contribution in [0.25, 0.3) is 10.1 Å². The molecule has 1 aromatic carbocycles. The molecule has 0 aliphatic heterocycles. The van der Waals surface area contributed by atoms with Gasteiger partial charge in [-0.1, -0.05) is 12.1 Å². The highest BCUT2D eigenvalue weighted by Crippen LogP contribution is 2.36. The maximum absolute atomic E-state index is 5.74. The molecule has 0 radical (unpaired) electrons. The van der Waals surface area contributed by atoms with Crippen molar-refractivity contribution in [3.63, 3.8) is 0 Å². The maximum Gasteiger partial charge on any atom is 0.100 e. The van der Waals surface area contributed by atoms with Crippen molar-refractivity contribution >= 4 is 39.1 Å². The summed E-state index contributed by atoms with van der Waals surface area (Å²) in [7, 11) is 0. The lowest BCUT2D eigenvalue weighted by Crippen LogP contribution is -1.77. The number of thiophene rings is 1. The van der Waals surface area contributed by atoms with Crippen molar-refractivity contribution in [3.05, 3.63) is 23.8 Å². The molecule has 1 nitrogen and oxygen atoms in total. The average Bonchev–Trinajstić information content (AvgIpc) is 2.28. The second-order valence-electron chi connectivity index (χ2n) is 2.81. The highest BCUT2D eigenvalue weighted by atomic mass is 32.1. The number of nitrogens with two attached hydrogens (primary N) is 1. The molecule has 3 heteroatoms. The first kappa shape index (κ1) is 7.95. The van der Waals surface area contributed by atoms with Crippen molar-refractivity contribution in [2.75, 3.05) is 5.73 Å². The molecule has 1 aromatic heterocycles. The van der Waals surface area contributed by atoms with Gasteiger partial charge in [-0.25, -0.2) is 0 Å². The van der Waals surface area contributed by atoms with E-state index in [9.17, 15) is 0 Å². The fraction of sp³-hybridized carbons (Fsp3) is 0.111. The van der Waals surface area contributed by atoms with E-state index in [2.05, 4.69) is 37.8 Å². The molecule has 0 spiro atoms. The van der Waals surface area contributed by atoms with Crippen LogP contribution in [0.2, 0.25) is 0 Å². The van der Waals surface area contributed by atoms with E-state index in [0.717, 1.165) is 15.3 Å². The van der Waals surface area contributed by atoms with E-state index in [4.69, 9.17) is 5.73 Å². The number of thiol groups is 1. The third-order valence-corrected chi connectivity index (χ3v) is 3.46. The third-order valence-electron chi connectivity index (χ3n) is 1.85. The van der Waals surface area contributed by atoms with Crippen LogP contribution in [0.3, 0.4) is 0 Å². The Hall–Kier alpha value is -0.670. The van der Waals surface area contributed by atoms with Crippen molar-refractivity contribution in [1.82, 2.24) is 0 Å². The van der Waals surface area contributed by atoms with Crippen LogP contribution in [0.4, 0.5) is 5.00 Å². The topological polar surface area (TPSA) is 26.0 Å². The molecule has 0 aliphatic carbocycles. The first-order valence-electron chi connectivity index (χ1n) is 3.66. The highest BCUT2D eigenvalue weighted by Gasteiger charge is 2.04. The van der Waals surface area contributed by atoms with E-state index in [0.29, 0.717) is 0 Å². The summed E-state index contributed by atoms with van der Waals surface area (Å²) in [5.74, 6) is 0.